The number of piperidine rings is 1. The molecule has 2 aromatic carbocycles. The number of carbonyl (C=O) groups excluding carboxylic acids is 1. The summed E-state index contributed by atoms with van der Waals surface area (Å²) in [5, 5.41) is 8.94. The average molecular weight is 562 g/mol. The Labute approximate surface area is 244 Å². The molecule has 0 bridgehead atoms. The molecule has 5 aromatic rings. The molecule has 3 aromatic heterocycles. The van der Waals surface area contributed by atoms with E-state index < -0.39 is 11.9 Å². The second-order valence-corrected chi connectivity index (χ2v) is 12.1. The Balaban J connectivity index is 1.28. The summed E-state index contributed by atoms with van der Waals surface area (Å²) >= 11 is 0. The van der Waals surface area contributed by atoms with E-state index in [4.69, 9.17) is 5.73 Å². The summed E-state index contributed by atoms with van der Waals surface area (Å²) in [6, 6.07) is 19.1. The van der Waals surface area contributed by atoms with Crippen molar-refractivity contribution in [2.45, 2.75) is 44.6 Å². The Morgan fingerprint density at radius 1 is 1.07 bits per heavy atom. The number of carbonyl (C=O) groups is 1. The number of nitrogen functional groups attached to an aromatic ring is 1. The van der Waals surface area contributed by atoms with Crippen molar-refractivity contribution in [2.24, 2.45) is 5.41 Å². The molecule has 1 saturated heterocycles. The van der Waals surface area contributed by atoms with Crippen molar-refractivity contribution >= 4 is 28.1 Å². The molecule has 1 atom stereocenters. The van der Waals surface area contributed by atoms with Crippen LogP contribution in [0.3, 0.4) is 0 Å². The van der Waals surface area contributed by atoms with Crippen LogP contribution in [0.25, 0.3) is 22.1 Å². The minimum absolute atomic E-state index is 0.0631. The van der Waals surface area contributed by atoms with E-state index in [1.54, 1.807) is 23.0 Å². The molecule has 4 heterocycles. The fourth-order valence-corrected chi connectivity index (χ4v) is 7.08. The number of rotatable bonds is 5. The first kappa shape index (κ1) is 26.4. The van der Waals surface area contributed by atoms with E-state index in [2.05, 4.69) is 39.5 Å². The first-order valence-corrected chi connectivity index (χ1v) is 14.7. The van der Waals surface area contributed by atoms with E-state index in [0.717, 1.165) is 48.0 Å². The molecule has 2 aliphatic rings. The Kier molecular flexibility index (Phi) is 6.35. The van der Waals surface area contributed by atoms with Crippen molar-refractivity contribution in [3.8, 4) is 5.69 Å². The molecular formula is C33H35N7O2. The molecular weight excluding hydrogens is 526 g/mol. The SMILES string of the molecule is C[C@H](NC(=O)c1c(N)nn2cccnc12)c1cc2cccc(C3CC4(CCN(C)CC4)C3)c2c(=O)n1-c1ccccc1. The van der Waals surface area contributed by atoms with Gasteiger partial charge >= 0.3 is 0 Å². The fourth-order valence-electron chi connectivity index (χ4n) is 7.08. The van der Waals surface area contributed by atoms with Crippen LogP contribution in [0.5, 0.6) is 0 Å². The van der Waals surface area contributed by atoms with E-state index in [9.17, 15) is 9.59 Å². The monoisotopic (exact) mass is 561 g/mol. The van der Waals surface area contributed by atoms with Crippen LogP contribution in [-0.2, 0) is 0 Å². The number of nitrogens with zero attached hydrogens (tertiary/aromatic N) is 5. The van der Waals surface area contributed by atoms with Gasteiger partial charge in [-0.15, -0.1) is 5.10 Å². The van der Waals surface area contributed by atoms with Crippen LogP contribution in [0.4, 0.5) is 5.82 Å². The zero-order chi connectivity index (χ0) is 29.0. The minimum atomic E-state index is -0.511. The van der Waals surface area contributed by atoms with Crippen molar-refractivity contribution in [1.82, 2.24) is 29.4 Å². The third-order valence-corrected chi connectivity index (χ3v) is 9.41. The third-order valence-electron chi connectivity index (χ3n) is 9.41. The molecule has 0 unspecified atom stereocenters. The summed E-state index contributed by atoms with van der Waals surface area (Å²) < 4.78 is 3.24. The molecule has 3 N–H and O–H groups in total. The average Bonchev–Trinajstić information content (AvgIpc) is 3.32. The lowest BCUT2D eigenvalue weighted by molar-refractivity contribution is 0.0242. The van der Waals surface area contributed by atoms with Crippen molar-refractivity contribution in [2.75, 3.05) is 25.9 Å². The number of nitrogens with one attached hydrogen (secondary N) is 1. The van der Waals surface area contributed by atoms with Gasteiger partial charge in [0.25, 0.3) is 11.5 Å². The van der Waals surface area contributed by atoms with Gasteiger partial charge in [0.1, 0.15) is 5.56 Å². The van der Waals surface area contributed by atoms with Crippen molar-refractivity contribution < 1.29 is 4.79 Å². The van der Waals surface area contributed by atoms with Gasteiger partial charge in [0, 0.05) is 23.8 Å². The molecule has 7 rings (SSSR count). The summed E-state index contributed by atoms with van der Waals surface area (Å²) in [6.45, 7) is 4.17. The van der Waals surface area contributed by atoms with Gasteiger partial charge in [0.05, 0.1) is 11.4 Å². The molecule has 0 radical (unpaired) electrons. The lowest BCUT2D eigenvalue weighted by Crippen LogP contribution is -2.45. The Morgan fingerprint density at radius 2 is 1.83 bits per heavy atom. The molecule has 1 aliphatic carbocycles. The molecule has 2 fully saturated rings. The highest BCUT2D eigenvalue weighted by atomic mass is 16.2. The largest absolute Gasteiger partial charge is 0.381 e. The molecule has 1 saturated carbocycles. The number of fused-ring (bicyclic) bond motifs is 2. The van der Waals surface area contributed by atoms with Gasteiger partial charge in [-0.1, -0.05) is 36.4 Å². The minimum Gasteiger partial charge on any atom is -0.381 e. The summed E-state index contributed by atoms with van der Waals surface area (Å²) in [4.78, 5) is 34.7. The van der Waals surface area contributed by atoms with Gasteiger partial charge in [-0.2, -0.15) is 0 Å². The third kappa shape index (κ3) is 4.36. The predicted molar refractivity (Wildman–Crippen MR) is 164 cm³/mol. The van der Waals surface area contributed by atoms with Crippen LogP contribution >= 0.6 is 0 Å². The Morgan fingerprint density at radius 3 is 2.60 bits per heavy atom. The highest BCUT2D eigenvalue weighted by Crippen LogP contribution is 2.57. The van der Waals surface area contributed by atoms with Crippen LogP contribution in [-0.4, -0.2) is 50.1 Å². The zero-order valence-electron chi connectivity index (χ0n) is 24.0. The van der Waals surface area contributed by atoms with Crippen LogP contribution < -0.4 is 16.6 Å². The Bertz CT molecular complexity index is 1860. The quantitative estimate of drug-likeness (QED) is 0.322. The Hall–Kier alpha value is -4.50. The molecule has 214 valence electrons. The van der Waals surface area contributed by atoms with Crippen molar-refractivity contribution in [1.29, 1.82) is 0 Å². The van der Waals surface area contributed by atoms with Gasteiger partial charge in [0.2, 0.25) is 0 Å². The van der Waals surface area contributed by atoms with E-state index in [1.807, 2.05) is 49.4 Å². The summed E-state index contributed by atoms with van der Waals surface area (Å²) in [7, 11) is 2.20. The molecule has 9 nitrogen and oxygen atoms in total. The lowest BCUT2D eigenvalue weighted by atomic mass is 9.56. The first-order chi connectivity index (χ1) is 20.3. The predicted octanol–water partition coefficient (Wildman–Crippen LogP) is 4.70. The fraction of sp³-hybridized carbons (Fsp3) is 0.333. The van der Waals surface area contributed by atoms with Gasteiger partial charge < -0.3 is 16.0 Å². The van der Waals surface area contributed by atoms with E-state index in [-0.39, 0.29) is 16.9 Å². The smallest absolute Gasteiger partial charge is 0.263 e. The van der Waals surface area contributed by atoms with Gasteiger partial charge in [-0.05, 0) is 99.3 Å². The van der Waals surface area contributed by atoms with Gasteiger partial charge in [-0.3, -0.25) is 14.2 Å². The van der Waals surface area contributed by atoms with Crippen molar-refractivity contribution in [3.63, 3.8) is 0 Å². The van der Waals surface area contributed by atoms with Crippen LogP contribution in [0.1, 0.15) is 66.2 Å². The first-order valence-electron chi connectivity index (χ1n) is 14.7. The topological polar surface area (TPSA) is 111 Å². The molecule has 42 heavy (non-hydrogen) atoms. The second kappa shape index (κ2) is 10.1. The van der Waals surface area contributed by atoms with Crippen LogP contribution in [0, 0.1) is 5.41 Å². The summed E-state index contributed by atoms with van der Waals surface area (Å²) in [5.74, 6) is 0.0838. The summed E-state index contributed by atoms with van der Waals surface area (Å²) in [6.07, 6.45) is 8.02. The maximum Gasteiger partial charge on any atom is 0.263 e. The van der Waals surface area contributed by atoms with E-state index >= 15 is 0 Å². The number of amides is 1. The molecule has 1 aliphatic heterocycles. The molecule has 1 amide bonds. The number of hydrogen-bond donors (Lipinski definition) is 2. The van der Waals surface area contributed by atoms with Gasteiger partial charge in [0.15, 0.2) is 11.5 Å². The lowest BCUT2D eigenvalue weighted by Gasteiger charge is -2.52. The van der Waals surface area contributed by atoms with E-state index in [1.165, 1.54) is 17.4 Å². The standard InChI is InChI=1S/C33H35N7O2/c1-21(36-31(41)28-29(34)37-39-15-7-14-35-30(28)39)26-18-22-8-6-11-25(23-19-33(20-23)12-16-38(2)17-13-33)27(22)32(42)40(26)24-9-4-3-5-10-24/h3-11,14-15,18,21,23H,12-13,16-17,19-20H2,1-2H3,(H2,34,37)(H,36,41)/t21-/m0/s1. The maximum atomic E-state index is 14.5. The van der Waals surface area contributed by atoms with Gasteiger partial charge in [-0.25, -0.2) is 9.50 Å². The second-order valence-electron chi connectivity index (χ2n) is 12.1. The number of nitrogens with two attached hydrogens (primary N) is 1. The number of para-hydroxylation sites is 1. The number of likely N-dealkylation sites (tertiary alicyclic amines) is 1. The number of aromatic nitrogens is 4. The van der Waals surface area contributed by atoms with Crippen LogP contribution in [0.15, 0.2) is 77.9 Å². The van der Waals surface area contributed by atoms with Crippen molar-refractivity contribution in [3.05, 3.63) is 100 Å². The molecule has 1 spiro atoms. The zero-order valence-corrected chi connectivity index (χ0v) is 24.0. The number of anilines is 1. The maximum absolute atomic E-state index is 14.5. The number of pyridine rings is 1. The number of benzene rings is 2. The highest BCUT2D eigenvalue weighted by Gasteiger charge is 2.46. The normalized spacial score (nSPS) is 17.9. The summed E-state index contributed by atoms with van der Waals surface area (Å²) in [5.41, 5.74) is 9.64. The van der Waals surface area contributed by atoms with Crippen LogP contribution in [0.2, 0.25) is 0 Å². The number of hydrogen-bond acceptors (Lipinski definition) is 6. The molecule has 9 heteroatoms. The highest BCUT2D eigenvalue weighted by molar-refractivity contribution is 6.04. The van der Waals surface area contributed by atoms with E-state index in [0.29, 0.717) is 22.7 Å².